The second-order valence-electron chi connectivity index (χ2n) is 27.7. The highest BCUT2D eigenvalue weighted by Gasteiger charge is 2.26. The first-order chi connectivity index (χ1) is 52.0. The van der Waals surface area contributed by atoms with Crippen molar-refractivity contribution in [1.82, 2.24) is 28.7 Å². The highest BCUT2D eigenvalue weighted by Crippen LogP contribution is 2.50. The molecule has 6 nitrogen and oxygen atoms in total. The van der Waals surface area contributed by atoms with E-state index in [2.05, 4.69) is 357 Å². The van der Waals surface area contributed by atoms with E-state index in [-0.39, 0.29) is 0 Å². The van der Waals surface area contributed by atoms with Gasteiger partial charge in [0.2, 0.25) is 0 Å². The average Bonchev–Trinajstić information content (AvgIpc) is 1.59. The lowest BCUT2D eigenvalue weighted by Crippen LogP contribution is -1.98. The maximum Gasteiger partial charge on any atom is 0.138 e. The highest BCUT2D eigenvalue weighted by atomic mass is 35.5. The van der Waals surface area contributed by atoms with Crippen LogP contribution in [0.2, 0.25) is 5.15 Å². The number of benzene rings is 16. The molecule has 1 N–H and O–H groups in total. The van der Waals surface area contributed by atoms with Crippen LogP contribution in [0.5, 0.6) is 0 Å². The number of nitrogens with one attached hydrogen (secondary N) is 1. The van der Waals surface area contributed by atoms with Crippen LogP contribution in [0.1, 0.15) is 0 Å². The van der Waals surface area contributed by atoms with Crippen molar-refractivity contribution in [3.8, 4) is 84.0 Å². The summed E-state index contributed by atoms with van der Waals surface area (Å²) in [6.07, 6.45) is 0. The van der Waals surface area contributed by atoms with Crippen molar-refractivity contribution in [2.24, 2.45) is 0 Å². The zero-order chi connectivity index (χ0) is 69.0. The molecule has 0 saturated heterocycles. The SMILES string of the molecule is Clc1cc2c3c(cccc3n1)-c1ccccc1-2.c1ccc(-n2c3ccc(-c4ccc5[nH]c6ccccc6c5c4)cc3c3ccc4ccccc4c32)cc1.c1ccc(-n2c3ccc(-c4ccc5c(c4)c4ccccc4n5-c4cc5c6c(cccc6n4)-c4ccccc4-5)cc3c3ccc4ccccc4c32)cc1. The third kappa shape index (κ3) is 9.10. The second-order valence-corrected chi connectivity index (χ2v) is 28.1. The van der Waals surface area contributed by atoms with Gasteiger partial charge in [-0.2, -0.15) is 0 Å². The number of aromatic nitrogens is 6. The Kier molecular flexibility index (Phi) is 13.0. The first-order valence-electron chi connectivity index (χ1n) is 35.8. The molecule has 0 radical (unpaired) electrons. The molecule has 2 aliphatic carbocycles. The van der Waals surface area contributed by atoms with Gasteiger partial charge in [-0.1, -0.05) is 254 Å². The minimum Gasteiger partial charge on any atom is -0.355 e. The van der Waals surface area contributed by atoms with Gasteiger partial charge in [0, 0.05) is 87.0 Å². The summed E-state index contributed by atoms with van der Waals surface area (Å²) in [6.45, 7) is 0. The minimum absolute atomic E-state index is 0.557. The van der Waals surface area contributed by atoms with Gasteiger partial charge < -0.3 is 14.1 Å². The Morgan fingerprint density at radius 1 is 0.238 bits per heavy atom. The van der Waals surface area contributed by atoms with Gasteiger partial charge in [-0.3, -0.25) is 4.57 Å². The molecule has 6 aromatic heterocycles. The van der Waals surface area contributed by atoms with Crippen molar-refractivity contribution in [3.63, 3.8) is 0 Å². The summed E-state index contributed by atoms with van der Waals surface area (Å²) in [6, 6.07) is 127. The zero-order valence-electron chi connectivity index (χ0n) is 56.6. The predicted octanol–water partition coefficient (Wildman–Crippen LogP) is 26.7. The van der Waals surface area contributed by atoms with Crippen LogP contribution in [-0.4, -0.2) is 28.7 Å². The van der Waals surface area contributed by atoms with Crippen molar-refractivity contribution in [3.05, 3.63) is 357 Å². The van der Waals surface area contributed by atoms with Gasteiger partial charge in [-0.15, -0.1) is 0 Å². The number of aromatic amines is 1. The van der Waals surface area contributed by atoms with Crippen LogP contribution in [0, 0.1) is 0 Å². The highest BCUT2D eigenvalue weighted by molar-refractivity contribution is 6.31. The van der Waals surface area contributed by atoms with E-state index in [4.69, 9.17) is 16.6 Å². The number of rotatable bonds is 5. The van der Waals surface area contributed by atoms with Crippen molar-refractivity contribution >= 4 is 142 Å². The Labute approximate surface area is 607 Å². The number of para-hydroxylation sites is 4. The Morgan fingerprint density at radius 2 is 0.638 bits per heavy atom. The molecule has 0 spiro atoms. The number of nitrogens with zero attached hydrogens (tertiary/aromatic N) is 5. The van der Waals surface area contributed by atoms with Crippen molar-refractivity contribution in [2.45, 2.75) is 0 Å². The van der Waals surface area contributed by atoms with Crippen LogP contribution in [0.4, 0.5) is 0 Å². The Bertz CT molecular complexity index is 7420. The van der Waals surface area contributed by atoms with Gasteiger partial charge in [-0.25, -0.2) is 9.97 Å². The van der Waals surface area contributed by atoms with Gasteiger partial charge in [0.15, 0.2) is 0 Å². The number of H-pyrrole nitrogens is 1. The largest absolute Gasteiger partial charge is 0.355 e. The summed E-state index contributed by atoms with van der Waals surface area (Å²) >= 11 is 6.08. The molecule has 6 heterocycles. The molecular formula is C98H59ClN6. The standard InChI is InChI=1S/C49H29N3.C34H22N2.C15H8ClN/c1-2-12-33(13-3-1)51-45-25-22-32(28-41(45)39-24-21-30-11-4-5-14-34(30)49(39)51)31-23-26-46-40(27-31)37-17-8-9-20-44(37)52(46)47-29-42-36-16-7-6-15-35(36)38-18-10-19-43(50-47)48(38)42;1-2-9-25(10-3-1)36-33-19-16-24(21-30(33)28-17-14-22-8-4-5-11-26(22)34(28)36)23-15-18-32-29(20-23)27-12-6-7-13-31(27)35-32;16-14-8-12-10-5-2-1-4-9(10)11-6-3-7-13(17-14)15(11)12/h1-29H;1-21,35H;1-8H. The molecule has 16 aromatic carbocycles. The molecule has 7 heteroatoms. The topological polar surface area (TPSA) is 56.4 Å². The van der Waals surface area contributed by atoms with Gasteiger partial charge in [0.1, 0.15) is 11.0 Å². The summed E-state index contributed by atoms with van der Waals surface area (Å²) in [7, 11) is 0. The van der Waals surface area contributed by atoms with Crippen LogP contribution in [0.25, 0.3) is 215 Å². The van der Waals surface area contributed by atoms with E-state index in [1.54, 1.807) is 0 Å². The quantitative estimate of drug-likeness (QED) is 0.175. The third-order valence-corrected chi connectivity index (χ3v) is 22.2. The Hall–Kier alpha value is -13.7. The van der Waals surface area contributed by atoms with Crippen LogP contribution in [0.15, 0.2) is 352 Å². The van der Waals surface area contributed by atoms with Gasteiger partial charge in [0.25, 0.3) is 0 Å². The zero-order valence-corrected chi connectivity index (χ0v) is 57.4. The van der Waals surface area contributed by atoms with Crippen molar-refractivity contribution < 1.29 is 0 Å². The minimum atomic E-state index is 0.557. The molecular weight excluding hydrogens is 1300 g/mol. The van der Waals surface area contributed by atoms with Crippen LogP contribution in [0.3, 0.4) is 0 Å². The van der Waals surface area contributed by atoms with Crippen molar-refractivity contribution in [1.29, 1.82) is 0 Å². The fourth-order valence-corrected chi connectivity index (χ4v) is 17.7. The molecule has 0 amide bonds. The lowest BCUT2D eigenvalue weighted by Gasteiger charge is -2.11. The van der Waals surface area contributed by atoms with E-state index in [0.717, 1.165) is 27.9 Å². The summed E-state index contributed by atoms with van der Waals surface area (Å²) < 4.78 is 7.19. The number of fused-ring (bicyclic) bond motifs is 22. The van der Waals surface area contributed by atoms with Crippen LogP contribution >= 0.6 is 11.6 Å². The Balaban J connectivity index is 0.000000112. The lowest BCUT2D eigenvalue weighted by molar-refractivity contribution is 1.10. The molecule has 0 fully saturated rings. The maximum absolute atomic E-state index is 6.08. The van der Waals surface area contributed by atoms with E-state index < -0.39 is 0 Å². The predicted molar refractivity (Wildman–Crippen MR) is 442 cm³/mol. The van der Waals surface area contributed by atoms with Gasteiger partial charge in [-0.05, 0) is 187 Å². The lowest BCUT2D eigenvalue weighted by atomic mass is 10.00. The molecule has 0 aliphatic heterocycles. The van der Waals surface area contributed by atoms with E-state index in [1.165, 1.54) is 187 Å². The fourth-order valence-electron chi connectivity index (χ4n) is 17.5. The molecule has 2 aliphatic rings. The van der Waals surface area contributed by atoms with Gasteiger partial charge >= 0.3 is 0 Å². The molecule has 105 heavy (non-hydrogen) atoms. The third-order valence-electron chi connectivity index (χ3n) is 22.0. The monoisotopic (exact) mass is 1350 g/mol. The number of halogens is 1. The van der Waals surface area contributed by atoms with E-state index >= 15 is 0 Å². The molecule has 488 valence electrons. The van der Waals surface area contributed by atoms with Gasteiger partial charge in [0.05, 0.1) is 44.1 Å². The smallest absolute Gasteiger partial charge is 0.138 e. The number of hydrogen-bond acceptors (Lipinski definition) is 2. The summed E-state index contributed by atoms with van der Waals surface area (Å²) in [5, 5.41) is 18.1. The summed E-state index contributed by atoms with van der Waals surface area (Å²) in [5.74, 6) is 0.942. The normalized spacial score (nSPS) is 12.0. The maximum atomic E-state index is 6.08. The number of hydrogen-bond donors (Lipinski definition) is 1. The molecule has 0 atom stereocenters. The average molecular weight is 1360 g/mol. The Morgan fingerprint density at radius 3 is 1.20 bits per heavy atom. The molecule has 22 aromatic rings. The first kappa shape index (κ1) is 59.1. The summed E-state index contributed by atoms with van der Waals surface area (Å²) in [4.78, 5) is 13.2. The summed E-state index contributed by atoms with van der Waals surface area (Å²) in [5.41, 5.74) is 28.9. The van der Waals surface area contributed by atoms with E-state index in [1.807, 2.05) is 18.2 Å². The van der Waals surface area contributed by atoms with E-state index in [9.17, 15) is 0 Å². The fraction of sp³-hybridized carbons (Fsp3) is 0. The van der Waals surface area contributed by atoms with E-state index in [0.29, 0.717) is 5.15 Å². The molecule has 0 bridgehead atoms. The molecule has 24 rings (SSSR count). The number of pyridine rings is 2. The van der Waals surface area contributed by atoms with Crippen LogP contribution < -0.4 is 0 Å². The molecule has 0 saturated carbocycles. The first-order valence-corrected chi connectivity index (χ1v) is 36.2. The van der Waals surface area contributed by atoms with Crippen molar-refractivity contribution in [2.75, 3.05) is 0 Å². The second kappa shape index (κ2) is 23.2. The molecule has 0 unspecified atom stereocenters. The van der Waals surface area contributed by atoms with Crippen LogP contribution in [-0.2, 0) is 0 Å².